The first-order valence-corrected chi connectivity index (χ1v) is 8.98. The predicted octanol–water partition coefficient (Wildman–Crippen LogP) is 2.47. The van der Waals surface area contributed by atoms with E-state index in [-0.39, 0.29) is 5.91 Å². The summed E-state index contributed by atoms with van der Waals surface area (Å²) in [7, 11) is 4.12. The third-order valence-electron chi connectivity index (χ3n) is 5.18. The number of hydrogen-bond acceptors (Lipinski definition) is 4. The van der Waals surface area contributed by atoms with Crippen molar-refractivity contribution in [2.75, 3.05) is 39.0 Å². The number of nitrogens with zero attached hydrogens (tertiary/aromatic N) is 3. The molecule has 7 heteroatoms. The summed E-state index contributed by atoms with van der Waals surface area (Å²) in [5.41, 5.74) is 3.65. The number of nitrogens with one attached hydrogen (secondary N) is 2. The zero-order valence-electron chi connectivity index (χ0n) is 14.5. The monoisotopic (exact) mass is 359 g/mol. The Bertz CT molecular complexity index is 816. The third-order valence-corrected chi connectivity index (χ3v) is 5.47. The summed E-state index contributed by atoms with van der Waals surface area (Å²) in [5, 5.41) is 3.89. The molecule has 25 heavy (non-hydrogen) atoms. The molecule has 4 heterocycles. The molecule has 1 amide bonds. The van der Waals surface area contributed by atoms with Crippen LogP contribution in [-0.4, -0.2) is 65.4 Å². The summed E-state index contributed by atoms with van der Waals surface area (Å²) < 4.78 is 0. The van der Waals surface area contributed by atoms with E-state index in [4.69, 9.17) is 11.6 Å². The Labute approximate surface area is 152 Å². The molecule has 1 fully saturated rings. The number of aromatic amines is 1. The van der Waals surface area contributed by atoms with Crippen molar-refractivity contribution >= 4 is 23.3 Å². The number of rotatable bonds is 3. The maximum atomic E-state index is 12.8. The Morgan fingerprint density at radius 3 is 3.04 bits per heavy atom. The summed E-state index contributed by atoms with van der Waals surface area (Å²) in [6.07, 6.45) is 5.45. The molecule has 0 bridgehead atoms. The molecule has 2 aromatic rings. The van der Waals surface area contributed by atoms with E-state index in [1.165, 1.54) is 0 Å². The minimum absolute atomic E-state index is 0.0514. The van der Waals surface area contributed by atoms with Gasteiger partial charge in [-0.3, -0.25) is 4.79 Å². The number of anilines is 1. The Morgan fingerprint density at radius 2 is 2.28 bits per heavy atom. The van der Waals surface area contributed by atoms with Crippen LogP contribution in [0.4, 0.5) is 5.82 Å². The summed E-state index contributed by atoms with van der Waals surface area (Å²) in [6.45, 7) is 2.44. The second-order valence-electron chi connectivity index (χ2n) is 6.94. The molecule has 2 aliphatic rings. The number of halogens is 1. The first-order chi connectivity index (χ1) is 12.0. The molecule has 0 aliphatic carbocycles. The SMILES string of the molecule is CN(C)C1CCN(C(=O)c2cc(-c3c(Cl)cnc4c3CCN4)c[nH]2)C1. The highest BCUT2D eigenvalue weighted by atomic mass is 35.5. The highest BCUT2D eigenvalue weighted by Gasteiger charge is 2.29. The van der Waals surface area contributed by atoms with E-state index in [2.05, 4.69) is 34.3 Å². The van der Waals surface area contributed by atoms with Gasteiger partial charge in [0.25, 0.3) is 5.91 Å². The molecule has 2 N–H and O–H groups in total. The van der Waals surface area contributed by atoms with Gasteiger partial charge in [0, 0.05) is 54.8 Å². The van der Waals surface area contributed by atoms with Crippen LogP contribution >= 0.6 is 11.6 Å². The summed E-state index contributed by atoms with van der Waals surface area (Å²) in [4.78, 5) is 24.4. The Hall–Kier alpha value is -2.05. The van der Waals surface area contributed by atoms with E-state index >= 15 is 0 Å². The molecule has 0 saturated carbocycles. The van der Waals surface area contributed by atoms with Crippen molar-refractivity contribution in [1.29, 1.82) is 0 Å². The zero-order chi connectivity index (χ0) is 17.6. The quantitative estimate of drug-likeness (QED) is 0.883. The second kappa shape index (κ2) is 6.35. The highest BCUT2D eigenvalue weighted by Crippen LogP contribution is 2.37. The van der Waals surface area contributed by atoms with Crippen molar-refractivity contribution in [2.24, 2.45) is 0 Å². The number of carbonyl (C=O) groups is 1. The molecule has 4 rings (SSSR count). The van der Waals surface area contributed by atoms with E-state index in [9.17, 15) is 4.79 Å². The largest absolute Gasteiger partial charge is 0.369 e. The van der Waals surface area contributed by atoms with E-state index in [1.54, 1.807) is 6.20 Å². The minimum Gasteiger partial charge on any atom is -0.369 e. The predicted molar refractivity (Wildman–Crippen MR) is 99.2 cm³/mol. The van der Waals surface area contributed by atoms with Gasteiger partial charge >= 0.3 is 0 Å². The fraction of sp³-hybridized carbons (Fsp3) is 0.444. The third kappa shape index (κ3) is 2.89. The number of fused-ring (bicyclic) bond motifs is 1. The van der Waals surface area contributed by atoms with Crippen molar-refractivity contribution in [3.8, 4) is 11.1 Å². The number of amides is 1. The Balaban J connectivity index is 1.60. The molecule has 1 saturated heterocycles. The molecule has 0 aromatic carbocycles. The van der Waals surface area contributed by atoms with Crippen LogP contribution in [-0.2, 0) is 6.42 Å². The summed E-state index contributed by atoms with van der Waals surface area (Å²) in [6, 6.07) is 2.34. The average molecular weight is 360 g/mol. The van der Waals surface area contributed by atoms with Crippen molar-refractivity contribution in [3.63, 3.8) is 0 Å². The van der Waals surface area contributed by atoms with Gasteiger partial charge in [0.05, 0.1) is 5.02 Å². The number of H-pyrrole nitrogens is 1. The smallest absolute Gasteiger partial charge is 0.270 e. The average Bonchev–Trinajstić information content (AvgIpc) is 3.33. The fourth-order valence-corrected chi connectivity index (χ4v) is 3.99. The minimum atomic E-state index is 0.0514. The molecular weight excluding hydrogens is 338 g/mol. The molecule has 6 nitrogen and oxygen atoms in total. The van der Waals surface area contributed by atoms with Crippen LogP contribution < -0.4 is 5.32 Å². The van der Waals surface area contributed by atoms with Gasteiger partial charge in [-0.2, -0.15) is 0 Å². The van der Waals surface area contributed by atoms with Gasteiger partial charge in [-0.1, -0.05) is 11.6 Å². The lowest BCUT2D eigenvalue weighted by Gasteiger charge is -2.20. The lowest BCUT2D eigenvalue weighted by molar-refractivity contribution is 0.0778. The number of likely N-dealkylation sites (N-methyl/N-ethyl adjacent to an activating group) is 1. The lowest BCUT2D eigenvalue weighted by Crippen LogP contribution is -2.34. The topological polar surface area (TPSA) is 64.3 Å². The van der Waals surface area contributed by atoms with E-state index in [0.29, 0.717) is 16.8 Å². The summed E-state index contributed by atoms with van der Waals surface area (Å²) in [5.74, 6) is 0.942. The van der Waals surface area contributed by atoms with Gasteiger partial charge in [-0.15, -0.1) is 0 Å². The van der Waals surface area contributed by atoms with E-state index < -0.39 is 0 Å². The van der Waals surface area contributed by atoms with Crippen LogP contribution in [0.25, 0.3) is 11.1 Å². The van der Waals surface area contributed by atoms with Crippen LogP contribution in [0.1, 0.15) is 22.5 Å². The molecule has 132 valence electrons. The fourth-order valence-electron chi connectivity index (χ4n) is 3.72. The molecule has 2 aromatic heterocycles. The van der Waals surface area contributed by atoms with Gasteiger partial charge in [-0.25, -0.2) is 4.98 Å². The van der Waals surface area contributed by atoms with Crippen molar-refractivity contribution in [2.45, 2.75) is 18.9 Å². The molecule has 0 spiro atoms. The highest BCUT2D eigenvalue weighted by molar-refractivity contribution is 6.33. The first kappa shape index (κ1) is 16.4. The molecular formula is C18H22ClN5O. The van der Waals surface area contributed by atoms with Crippen LogP contribution in [0, 0.1) is 0 Å². The first-order valence-electron chi connectivity index (χ1n) is 8.60. The van der Waals surface area contributed by atoms with Crippen molar-refractivity contribution in [1.82, 2.24) is 19.8 Å². The maximum Gasteiger partial charge on any atom is 0.270 e. The van der Waals surface area contributed by atoms with Crippen LogP contribution in [0.15, 0.2) is 18.5 Å². The number of hydrogen-bond donors (Lipinski definition) is 2. The second-order valence-corrected chi connectivity index (χ2v) is 7.35. The van der Waals surface area contributed by atoms with Gasteiger partial charge in [0.15, 0.2) is 0 Å². The molecule has 1 atom stereocenters. The Kier molecular flexibility index (Phi) is 4.17. The normalized spacial score (nSPS) is 19.4. The summed E-state index contributed by atoms with van der Waals surface area (Å²) >= 11 is 6.41. The molecule has 2 aliphatic heterocycles. The van der Waals surface area contributed by atoms with Crippen LogP contribution in [0.3, 0.4) is 0 Å². The van der Waals surface area contributed by atoms with E-state index in [0.717, 1.165) is 55.0 Å². The number of pyridine rings is 1. The molecule has 0 radical (unpaired) electrons. The van der Waals surface area contributed by atoms with Crippen LogP contribution in [0.2, 0.25) is 5.02 Å². The standard InChI is InChI=1S/C18H22ClN5O/c1-23(2)12-4-6-24(10-12)18(25)15-7-11(8-21-15)16-13-3-5-20-17(13)22-9-14(16)19/h7-9,12,21H,3-6,10H2,1-2H3,(H,20,22). The number of aromatic nitrogens is 2. The van der Waals surface area contributed by atoms with Gasteiger partial charge < -0.3 is 20.1 Å². The number of likely N-dealkylation sites (tertiary alicyclic amines) is 1. The van der Waals surface area contributed by atoms with Gasteiger partial charge in [0.2, 0.25) is 0 Å². The Morgan fingerprint density at radius 1 is 1.44 bits per heavy atom. The molecule has 1 unspecified atom stereocenters. The van der Waals surface area contributed by atoms with Crippen LogP contribution in [0.5, 0.6) is 0 Å². The van der Waals surface area contributed by atoms with Gasteiger partial charge in [0.1, 0.15) is 11.5 Å². The van der Waals surface area contributed by atoms with Crippen molar-refractivity contribution in [3.05, 3.63) is 34.7 Å². The maximum absolute atomic E-state index is 12.8. The van der Waals surface area contributed by atoms with Crippen molar-refractivity contribution < 1.29 is 4.79 Å². The zero-order valence-corrected chi connectivity index (χ0v) is 15.2. The van der Waals surface area contributed by atoms with E-state index in [1.807, 2.05) is 17.2 Å². The lowest BCUT2D eigenvalue weighted by atomic mass is 10.0. The van der Waals surface area contributed by atoms with Gasteiger partial charge in [-0.05, 0) is 33.0 Å². The number of carbonyl (C=O) groups excluding carboxylic acids is 1.